The van der Waals surface area contributed by atoms with Crippen molar-refractivity contribution < 1.29 is 13.9 Å². The van der Waals surface area contributed by atoms with Gasteiger partial charge < -0.3 is 5.11 Å². The Hall–Kier alpha value is -1.00. The van der Waals surface area contributed by atoms with Crippen LogP contribution < -0.4 is 0 Å². The number of benzene rings is 1. The van der Waals surface area contributed by atoms with Gasteiger partial charge in [-0.25, -0.2) is 8.78 Å². The number of hydrogen-bond donors (Lipinski definition) is 1. The molecule has 0 unspecified atom stereocenters. The minimum atomic E-state index is -2.64. The highest BCUT2D eigenvalue weighted by Gasteiger charge is 2.40. The second kappa shape index (κ2) is 5.55. The van der Waals surface area contributed by atoms with Crippen LogP contribution in [0.2, 0.25) is 0 Å². The molecule has 1 aliphatic rings. The molecule has 0 spiro atoms. The fourth-order valence-electron chi connectivity index (χ4n) is 2.48. The van der Waals surface area contributed by atoms with E-state index in [1.54, 1.807) is 0 Å². The van der Waals surface area contributed by atoms with Crippen molar-refractivity contribution in [3.05, 3.63) is 34.9 Å². The molecule has 1 aliphatic heterocycles. The monoisotopic (exact) mass is 269 g/mol. The summed E-state index contributed by atoms with van der Waals surface area (Å²) in [5.74, 6) is 0. The van der Waals surface area contributed by atoms with Crippen LogP contribution in [-0.4, -0.2) is 35.1 Å². The molecule has 0 aliphatic carbocycles. The van der Waals surface area contributed by atoms with Crippen molar-refractivity contribution in [3.8, 4) is 0 Å². The fraction of sp³-hybridized carbons (Fsp3) is 0.600. The topological polar surface area (TPSA) is 23.5 Å². The summed E-state index contributed by atoms with van der Waals surface area (Å²) in [6.07, 6.45) is -2.35. The van der Waals surface area contributed by atoms with E-state index in [9.17, 15) is 13.9 Å². The van der Waals surface area contributed by atoms with Gasteiger partial charge in [0.2, 0.25) is 0 Å². The van der Waals surface area contributed by atoms with Gasteiger partial charge in [-0.1, -0.05) is 18.2 Å². The van der Waals surface area contributed by atoms with Gasteiger partial charge in [0.25, 0.3) is 6.43 Å². The lowest BCUT2D eigenvalue weighted by Gasteiger charge is -2.37. The SMILES string of the molecule is Cc1ccc(CN2CCC(O)(C(F)F)CC2)cc1C. The van der Waals surface area contributed by atoms with Crippen molar-refractivity contribution in [1.82, 2.24) is 4.90 Å². The van der Waals surface area contributed by atoms with Crippen molar-refractivity contribution in [2.45, 2.75) is 45.3 Å². The lowest BCUT2D eigenvalue weighted by molar-refractivity contribution is -0.127. The summed E-state index contributed by atoms with van der Waals surface area (Å²) in [6, 6.07) is 6.31. The van der Waals surface area contributed by atoms with Gasteiger partial charge in [-0.05, 0) is 43.4 Å². The molecular formula is C15H21F2NO. The number of nitrogens with zero attached hydrogens (tertiary/aromatic N) is 1. The number of aryl methyl sites for hydroxylation is 2. The smallest absolute Gasteiger partial charge is 0.266 e. The minimum Gasteiger partial charge on any atom is -0.384 e. The molecule has 106 valence electrons. The average Bonchev–Trinajstić information content (AvgIpc) is 2.37. The number of piperidine rings is 1. The molecule has 1 fully saturated rings. The number of halogens is 2. The standard InChI is InChI=1S/C15H21F2NO/c1-11-3-4-13(9-12(11)2)10-18-7-5-15(19,6-8-18)14(16)17/h3-4,9,14,19H,5-8,10H2,1-2H3. The summed E-state index contributed by atoms with van der Waals surface area (Å²) in [5.41, 5.74) is 1.93. The molecular weight excluding hydrogens is 248 g/mol. The maximum Gasteiger partial charge on any atom is 0.266 e. The summed E-state index contributed by atoms with van der Waals surface area (Å²) in [4.78, 5) is 2.13. The van der Waals surface area contributed by atoms with Crippen LogP contribution in [0.1, 0.15) is 29.5 Å². The van der Waals surface area contributed by atoms with Gasteiger partial charge in [0.15, 0.2) is 0 Å². The first-order chi connectivity index (χ1) is 8.90. The molecule has 1 heterocycles. The van der Waals surface area contributed by atoms with Gasteiger partial charge >= 0.3 is 0 Å². The Morgan fingerprint density at radius 2 is 1.84 bits per heavy atom. The minimum absolute atomic E-state index is 0.148. The lowest BCUT2D eigenvalue weighted by Crippen LogP contribution is -2.48. The van der Waals surface area contributed by atoms with E-state index >= 15 is 0 Å². The van der Waals surface area contributed by atoms with Crippen molar-refractivity contribution in [2.75, 3.05) is 13.1 Å². The lowest BCUT2D eigenvalue weighted by atomic mass is 9.91. The average molecular weight is 269 g/mol. The molecule has 0 saturated carbocycles. The van der Waals surface area contributed by atoms with Gasteiger partial charge in [0, 0.05) is 19.6 Å². The Labute approximate surface area is 113 Å². The van der Waals surface area contributed by atoms with Crippen molar-refractivity contribution in [3.63, 3.8) is 0 Å². The van der Waals surface area contributed by atoms with Crippen molar-refractivity contribution >= 4 is 0 Å². The Kier molecular flexibility index (Phi) is 4.21. The predicted octanol–water partition coefficient (Wildman–Crippen LogP) is 2.90. The van der Waals surface area contributed by atoms with Crippen LogP contribution >= 0.6 is 0 Å². The number of rotatable bonds is 3. The third kappa shape index (κ3) is 3.31. The maximum atomic E-state index is 12.7. The molecule has 1 aromatic carbocycles. The molecule has 0 amide bonds. The molecule has 2 nitrogen and oxygen atoms in total. The highest BCUT2D eigenvalue weighted by molar-refractivity contribution is 5.29. The molecule has 0 radical (unpaired) electrons. The summed E-state index contributed by atoms with van der Waals surface area (Å²) in [5, 5.41) is 9.74. The number of hydrogen-bond acceptors (Lipinski definition) is 2. The fourth-order valence-corrected chi connectivity index (χ4v) is 2.48. The second-order valence-electron chi connectivity index (χ2n) is 5.60. The van der Waals surface area contributed by atoms with Crippen LogP contribution in [0.15, 0.2) is 18.2 Å². The van der Waals surface area contributed by atoms with Crippen LogP contribution in [0.4, 0.5) is 8.78 Å². The third-order valence-electron chi connectivity index (χ3n) is 4.11. The zero-order chi connectivity index (χ0) is 14.0. The quantitative estimate of drug-likeness (QED) is 0.912. The molecule has 0 bridgehead atoms. The molecule has 2 rings (SSSR count). The van der Waals surface area contributed by atoms with Crippen molar-refractivity contribution in [1.29, 1.82) is 0 Å². The Morgan fingerprint density at radius 1 is 1.21 bits per heavy atom. The van der Waals surface area contributed by atoms with E-state index in [-0.39, 0.29) is 12.8 Å². The van der Waals surface area contributed by atoms with E-state index in [1.807, 2.05) is 0 Å². The second-order valence-corrected chi connectivity index (χ2v) is 5.60. The summed E-state index contributed by atoms with van der Waals surface area (Å²) >= 11 is 0. The van der Waals surface area contributed by atoms with Crippen molar-refractivity contribution in [2.24, 2.45) is 0 Å². The van der Waals surface area contributed by atoms with E-state index in [0.29, 0.717) is 13.1 Å². The summed E-state index contributed by atoms with van der Waals surface area (Å²) in [6.45, 7) is 5.95. The number of likely N-dealkylation sites (tertiary alicyclic amines) is 1. The largest absolute Gasteiger partial charge is 0.384 e. The zero-order valence-electron chi connectivity index (χ0n) is 11.5. The van der Waals surface area contributed by atoms with Gasteiger partial charge in [-0.3, -0.25) is 4.90 Å². The molecule has 1 aromatic rings. The third-order valence-corrected chi connectivity index (χ3v) is 4.11. The number of alkyl halides is 2. The van der Waals surface area contributed by atoms with Crippen LogP contribution in [0.3, 0.4) is 0 Å². The molecule has 0 aromatic heterocycles. The van der Waals surface area contributed by atoms with Gasteiger partial charge in [-0.15, -0.1) is 0 Å². The van der Waals surface area contributed by atoms with Gasteiger partial charge in [-0.2, -0.15) is 0 Å². The Bertz CT molecular complexity index is 440. The zero-order valence-corrected chi connectivity index (χ0v) is 11.5. The van der Waals surface area contributed by atoms with E-state index in [1.165, 1.54) is 16.7 Å². The first-order valence-corrected chi connectivity index (χ1v) is 6.70. The predicted molar refractivity (Wildman–Crippen MR) is 71.4 cm³/mol. The van der Waals surface area contributed by atoms with Gasteiger partial charge in [0.05, 0.1) is 0 Å². The molecule has 1 saturated heterocycles. The van der Waals surface area contributed by atoms with E-state index in [4.69, 9.17) is 0 Å². The Balaban J connectivity index is 1.94. The summed E-state index contributed by atoms with van der Waals surface area (Å²) < 4.78 is 25.4. The first kappa shape index (κ1) is 14.4. The van der Waals surface area contributed by atoms with Crippen LogP contribution in [-0.2, 0) is 6.54 Å². The summed E-state index contributed by atoms with van der Waals surface area (Å²) in [7, 11) is 0. The van der Waals surface area contributed by atoms with Crippen LogP contribution in [0.25, 0.3) is 0 Å². The maximum absolute atomic E-state index is 12.7. The van der Waals surface area contributed by atoms with Crippen LogP contribution in [0.5, 0.6) is 0 Å². The van der Waals surface area contributed by atoms with Crippen LogP contribution in [0, 0.1) is 13.8 Å². The highest BCUT2D eigenvalue weighted by Crippen LogP contribution is 2.29. The highest BCUT2D eigenvalue weighted by atomic mass is 19.3. The number of aliphatic hydroxyl groups is 1. The molecule has 4 heteroatoms. The normalized spacial score (nSPS) is 19.9. The van der Waals surface area contributed by atoms with Gasteiger partial charge in [0.1, 0.15) is 5.60 Å². The molecule has 0 atom stereocenters. The molecule has 1 N–H and O–H groups in total. The molecule has 19 heavy (non-hydrogen) atoms. The first-order valence-electron chi connectivity index (χ1n) is 6.70. The van der Waals surface area contributed by atoms with E-state index in [0.717, 1.165) is 6.54 Å². The van der Waals surface area contributed by atoms with E-state index in [2.05, 4.69) is 36.9 Å². The van der Waals surface area contributed by atoms with E-state index < -0.39 is 12.0 Å². The Morgan fingerprint density at radius 3 is 2.37 bits per heavy atom.